The van der Waals surface area contributed by atoms with Gasteiger partial charge in [0, 0.05) is 69.9 Å². The molecule has 0 bridgehead atoms. The second-order valence-electron chi connectivity index (χ2n) is 22.5. The number of nitrogens with zero attached hydrogens (tertiary/aromatic N) is 1. The summed E-state index contributed by atoms with van der Waals surface area (Å²) in [5.41, 5.74) is 24.5. The zero-order chi connectivity index (χ0) is 45.4. The summed E-state index contributed by atoms with van der Waals surface area (Å²) < 4.78 is 5.26. The fraction of sp³-hybridized carbons (Fsp3) is 0.226. The first-order valence-electron chi connectivity index (χ1n) is 23.8. The van der Waals surface area contributed by atoms with E-state index >= 15 is 0 Å². The summed E-state index contributed by atoms with van der Waals surface area (Å²) in [5.74, 6) is 0. The van der Waals surface area contributed by atoms with Crippen LogP contribution in [0.3, 0.4) is 0 Å². The number of nitrogens with one attached hydrogen (secondary N) is 1. The fourth-order valence-electron chi connectivity index (χ4n) is 12.2. The third kappa shape index (κ3) is 5.37. The summed E-state index contributed by atoms with van der Waals surface area (Å²) in [6.07, 6.45) is 0. The van der Waals surface area contributed by atoms with Gasteiger partial charge in [0.15, 0.2) is 7.28 Å². The van der Waals surface area contributed by atoms with Crippen LogP contribution in [0.5, 0.6) is 0 Å². The third-order valence-corrected chi connectivity index (χ3v) is 16.8. The molecule has 3 aliphatic rings. The summed E-state index contributed by atoms with van der Waals surface area (Å²) in [7, 11) is 2.58. The van der Waals surface area contributed by atoms with E-state index < -0.39 is 0 Å². The largest absolute Gasteiger partial charge is 0.355 e. The van der Waals surface area contributed by atoms with Crippen LogP contribution in [0.4, 0.5) is 11.4 Å². The fourth-order valence-corrected chi connectivity index (χ4v) is 13.4. The molecule has 10 aromatic rings. The lowest BCUT2D eigenvalue weighted by Crippen LogP contribution is -2.39. The monoisotopic (exact) mass is 869 g/mol. The highest BCUT2D eigenvalue weighted by Crippen LogP contribution is 2.58. The average Bonchev–Trinajstić information content (AvgIpc) is 3.96. The van der Waals surface area contributed by atoms with Crippen molar-refractivity contribution in [1.29, 1.82) is 0 Å². The van der Waals surface area contributed by atoms with Gasteiger partial charge in [-0.3, -0.25) is 0 Å². The molecule has 0 unspecified atom stereocenters. The molecule has 321 valence electrons. The van der Waals surface area contributed by atoms with E-state index in [9.17, 15) is 0 Å². The second-order valence-corrected chi connectivity index (χ2v) is 23.6. The molecule has 1 radical (unpaired) electrons. The van der Waals surface area contributed by atoms with Crippen LogP contribution in [0.2, 0.25) is 0 Å². The molecule has 0 atom stereocenters. The molecule has 2 nitrogen and oxygen atoms in total. The average molecular weight is 870 g/mol. The number of aromatic nitrogens is 1. The lowest BCUT2D eigenvalue weighted by molar-refractivity contribution is 0.590. The van der Waals surface area contributed by atoms with Gasteiger partial charge in [-0.05, 0) is 126 Å². The molecule has 0 saturated heterocycles. The maximum Gasteiger partial charge on any atom is 0.197 e. The van der Waals surface area contributed by atoms with E-state index in [2.05, 4.69) is 226 Å². The number of rotatable bonds is 3. The minimum absolute atomic E-state index is 0.0174. The van der Waals surface area contributed by atoms with Gasteiger partial charge in [0.1, 0.15) is 0 Å². The Hall–Kier alpha value is -6.36. The molecule has 2 aliphatic carbocycles. The van der Waals surface area contributed by atoms with Crippen molar-refractivity contribution in [2.75, 3.05) is 5.32 Å². The first-order chi connectivity index (χ1) is 31.5. The first kappa shape index (κ1) is 40.0. The van der Waals surface area contributed by atoms with E-state index in [1.54, 1.807) is 0 Å². The number of thiophene rings is 1. The lowest BCUT2D eigenvalue weighted by atomic mass is 9.56. The van der Waals surface area contributed by atoms with E-state index in [0.717, 1.165) is 11.4 Å². The molecule has 0 fully saturated rings. The van der Waals surface area contributed by atoms with Gasteiger partial charge < -0.3 is 9.88 Å². The van der Waals surface area contributed by atoms with Crippen LogP contribution in [0.15, 0.2) is 140 Å². The number of anilines is 2. The van der Waals surface area contributed by atoms with Crippen LogP contribution in [-0.2, 0) is 21.7 Å². The zero-order valence-corrected chi connectivity index (χ0v) is 40.5. The van der Waals surface area contributed by atoms with Crippen LogP contribution in [0.1, 0.15) is 103 Å². The molecular weight excluding hydrogens is 816 g/mol. The molecule has 3 heterocycles. The van der Waals surface area contributed by atoms with E-state index in [-0.39, 0.29) is 21.7 Å². The summed E-state index contributed by atoms with van der Waals surface area (Å²) in [4.78, 5) is 0. The molecule has 0 saturated carbocycles. The van der Waals surface area contributed by atoms with Gasteiger partial charge in [-0.2, -0.15) is 0 Å². The van der Waals surface area contributed by atoms with E-state index in [0.29, 0.717) is 0 Å². The molecular formula is C62H54BN2S. The topological polar surface area (TPSA) is 17.0 Å². The minimum atomic E-state index is -0.297. The molecule has 1 N–H and O–H groups in total. The molecule has 1 aliphatic heterocycles. The number of benzene rings is 8. The van der Waals surface area contributed by atoms with E-state index in [1.165, 1.54) is 125 Å². The van der Waals surface area contributed by atoms with Crippen molar-refractivity contribution in [3.63, 3.8) is 0 Å². The molecule has 8 aromatic carbocycles. The second kappa shape index (κ2) is 13.2. The Morgan fingerprint density at radius 3 is 1.94 bits per heavy atom. The Bertz CT molecular complexity index is 3770. The Balaban J connectivity index is 1.20. The van der Waals surface area contributed by atoms with Crippen molar-refractivity contribution in [3.8, 4) is 39.1 Å². The normalized spacial score (nSPS) is 15.2. The summed E-state index contributed by atoms with van der Waals surface area (Å²) >= 11 is 1.89. The number of fused-ring (bicyclic) bond motifs is 15. The predicted octanol–water partition coefficient (Wildman–Crippen LogP) is 15.7. The van der Waals surface area contributed by atoms with E-state index in [1.807, 2.05) is 11.3 Å². The van der Waals surface area contributed by atoms with Gasteiger partial charge in [-0.1, -0.05) is 166 Å². The maximum absolute atomic E-state index is 4.07. The van der Waals surface area contributed by atoms with Crippen LogP contribution in [0, 0.1) is 0 Å². The van der Waals surface area contributed by atoms with Crippen molar-refractivity contribution < 1.29 is 0 Å². The van der Waals surface area contributed by atoms with Crippen LogP contribution >= 0.6 is 11.3 Å². The molecule has 13 rings (SSSR count). The van der Waals surface area contributed by atoms with Gasteiger partial charge in [-0.15, -0.1) is 11.3 Å². The first-order valence-corrected chi connectivity index (χ1v) is 24.6. The quantitative estimate of drug-likeness (QED) is 0.175. The van der Waals surface area contributed by atoms with Gasteiger partial charge in [-0.25, -0.2) is 0 Å². The van der Waals surface area contributed by atoms with Crippen LogP contribution in [-0.4, -0.2) is 11.8 Å². The highest BCUT2D eigenvalue weighted by Gasteiger charge is 2.44. The number of hydrogen-bond donors (Lipinski definition) is 1. The number of hydrogen-bond acceptors (Lipinski definition) is 2. The van der Waals surface area contributed by atoms with E-state index in [4.69, 9.17) is 0 Å². The smallest absolute Gasteiger partial charge is 0.197 e. The Morgan fingerprint density at radius 2 is 1.20 bits per heavy atom. The highest BCUT2D eigenvalue weighted by atomic mass is 32.1. The molecule has 66 heavy (non-hydrogen) atoms. The van der Waals surface area contributed by atoms with Crippen molar-refractivity contribution in [1.82, 2.24) is 4.57 Å². The van der Waals surface area contributed by atoms with Crippen LogP contribution in [0.25, 0.3) is 81.0 Å². The molecule has 4 heteroatoms. The van der Waals surface area contributed by atoms with Crippen molar-refractivity contribution >= 4 is 82.9 Å². The van der Waals surface area contributed by atoms with Gasteiger partial charge in [0.25, 0.3) is 0 Å². The third-order valence-electron chi connectivity index (χ3n) is 15.7. The molecule has 0 amide bonds. The van der Waals surface area contributed by atoms with Crippen molar-refractivity contribution in [2.45, 2.75) is 90.9 Å². The van der Waals surface area contributed by atoms with Gasteiger partial charge in [0.05, 0.1) is 5.52 Å². The van der Waals surface area contributed by atoms with Gasteiger partial charge >= 0.3 is 0 Å². The van der Waals surface area contributed by atoms with Crippen LogP contribution < -0.4 is 16.2 Å². The van der Waals surface area contributed by atoms with Gasteiger partial charge in [0.2, 0.25) is 0 Å². The SMILES string of the molecule is CC(C)(C)c1ccc(Nc2cc3sc4ccccc4c3cc2-c2c3c(c4c5cc(C(C)(C)C)ccc5n5c4c2[B]c2cc4c(cc2-5)-c2ccccc2C4(C)C)-c2ccccc2C3(C)C)cc1. The summed E-state index contributed by atoms with van der Waals surface area (Å²) in [6.45, 7) is 23.7. The minimum Gasteiger partial charge on any atom is -0.355 e. The maximum atomic E-state index is 4.07. The zero-order valence-electron chi connectivity index (χ0n) is 39.7. The molecule has 0 spiro atoms. The lowest BCUT2D eigenvalue weighted by Gasteiger charge is -2.31. The predicted molar refractivity (Wildman–Crippen MR) is 286 cm³/mol. The van der Waals surface area contributed by atoms with Crippen molar-refractivity contribution in [2.24, 2.45) is 0 Å². The summed E-state index contributed by atoms with van der Waals surface area (Å²) in [5, 5.41) is 9.37. The Labute approximate surface area is 393 Å². The highest BCUT2D eigenvalue weighted by molar-refractivity contribution is 7.25. The standard InChI is InChI=1S/C62H54BN2S/c1-59(2,3)34-23-26-36(27-24-34)64-48-33-52-41(38-18-13-16-22-51(38)66-52)30-42(48)55-56-53(39-19-12-15-21-45(39)62(56,9)10)54-43-29-35(60(4,5)6)25-28-49(43)65-50-31-40-37-17-11-14-20-44(37)61(7,8)46(40)32-47(50)63-57(55)58(54)65/h11-33,64H,1-10H3. The molecule has 2 aromatic heterocycles. The van der Waals surface area contributed by atoms with Crippen molar-refractivity contribution in [3.05, 3.63) is 173 Å². The Kier molecular flexibility index (Phi) is 7.97. The Morgan fingerprint density at radius 1 is 0.530 bits per heavy atom. The summed E-state index contributed by atoms with van der Waals surface area (Å²) in [6, 6.07) is 53.8.